The Labute approximate surface area is 144 Å². The van der Waals surface area contributed by atoms with E-state index >= 15 is 0 Å². The summed E-state index contributed by atoms with van der Waals surface area (Å²) in [6.07, 6.45) is 0. The van der Waals surface area contributed by atoms with E-state index in [0.29, 0.717) is 11.7 Å². The molecule has 0 saturated heterocycles. The topological polar surface area (TPSA) is 73.6 Å². The minimum atomic E-state index is 0.625. The number of anilines is 2. The van der Waals surface area contributed by atoms with Gasteiger partial charge in [0.05, 0.1) is 25.4 Å². The van der Waals surface area contributed by atoms with Crippen molar-refractivity contribution in [3.63, 3.8) is 0 Å². The van der Waals surface area contributed by atoms with Gasteiger partial charge < -0.3 is 14.8 Å². The zero-order chi connectivity index (χ0) is 17.4. The number of para-hydroxylation sites is 1. The molecular weight excluding hydrogens is 318 g/mol. The first-order valence-corrected chi connectivity index (χ1v) is 7.81. The van der Waals surface area contributed by atoms with E-state index in [1.165, 1.54) is 0 Å². The SMILES string of the molecule is COc1ccc(Nc2nc3ccccc3c3nnc(C)n23)c(OC)c1. The van der Waals surface area contributed by atoms with E-state index in [9.17, 15) is 0 Å². The van der Waals surface area contributed by atoms with Crippen molar-refractivity contribution in [2.24, 2.45) is 0 Å². The molecule has 4 aromatic rings. The maximum Gasteiger partial charge on any atom is 0.215 e. The van der Waals surface area contributed by atoms with Crippen molar-refractivity contribution < 1.29 is 9.47 Å². The molecule has 0 atom stereocenters. The maximum absolute atomic E-state index is 5.46. The van der Waals surface area contributed by atoms with Gasteiger partial charge in [-0.2, -0.15) is 0 Å². The number of aryl methyl sites for hydroxylation is 1. The van der Waals surface area contributed by atoms with Crippen molar-refractivity contribution >= 4 is 28.2 Å². The summed E-state index contributed by atoms with van der Waals surface area (Å²) < 4.78 is 12.6. The Bertz CT molecular complexity index is 1070. The van der Waals surface area contributed by atoms with Crippen LogP contribution >= 0.6 is 0 Å². The number of hydrogen-bond donors (Lipinski definition) is 1. The second kappa shape index (κ2) is 5.94. The first-order valence-electron chi connectivity index (χ1n) is 7.81. The molecule has 25 heavy (non-hydrogen) atoms. The fourth-order valence-corrected chi connectivity index (χ4v) is 2.82. The van der Waals surface area contributed by atoms with Gasteiger partial charge in [0.25, 0.3) is 0 Å². The molecule has 4 rings (SSSR count). The molecule has 7 heteroatoms. The Morgan fingerprint density at radius 3 is 2.64 bits per heavy atom. The number of ether oxygens (including phenoxy) is 2. The summed E-state index contributed by atoms with van der Waals surface area (Å²) in [5.41, 5.74) is 2.39. The van der Waals surface area contributed by atoms with Gasteiger partial charge in [-0.1, -0.05) is 12.1 Å². The third kappa shape index (κ3) is 2.50. The molecule has 0 radical (unpaired) electrons. The van der Waals surface area contributed by atoms with Crippen molar-refractivity contribution in [1.29, 1.82) is 0 Å². The molecule has 0 aliphatic carbocycles. The highest BCUT2D eigenvalue weighted by molar-refractivity contribution is 5.92. The van der Waals surface area contributed by atoms with E-state index in [0.717, 1.165) is 33.8 Å². The average molecular weight is 335 g/mol. The molecule has 0 saturated carbocycles. The van der Waals surface area contributed by atoms with Gasteiger partial charge in [0, 0.05) is 11.5 Å². The fourth-order valence-electron chi connectivity index (χ4n) is 2.82. The summed E-state index contributed by atoms with van der Waals surface area (Å²) in [4.78, 5) is 4.73. The summed E-state index contributed by atoms with van der Waals surface area (Å²) in [7, 11) is 3.24. The first kappa shape index (κ1) is 15.2. The monoisotopic (exact) mass is 335 g/mol. The first-order chi connectivity index (χ1) is 12.2. The average Bonchev–Trinajstić information content (AvgIpc) is 3.04. The second-order valence-electron chi connectivity index (χ2n) is 5.55. The quantitative estimate of drug-likeness (QED) is 0.616. The van der Waals surface area contributed by atoms with Crippen LogP contribution in [0, 0.1) is 6.92 Å². The Morgan fingerprint density at radius 2 is 1.84 bits per heavy atom. The molecule has 0 amide bonds. The molecular formula is C18H17N5O2. The predicted molar refractivity (Wildman–Crippen MR) is 95.9 cm³/mol. The van der Waals surface area contributed by atoms with Gasteiger partial charge in [0.15, 0.2) is 5.65 Å². The standard InChI is InChI=1S/C18H17N5O2/c1-11-21-22-17-13-6-4-5-7-14(13)19-18(23(11)17)20-15-9-8-12(24-2)10-16(15)25-3/h4-10H,1-3H3,(H,19,20). The summed E-state index contributed by atoms with van der Waals surface area (Å²) in [5.74, 6) is 2.76. The van der Waals surface area contributed by atoms with Gasteiger partial charge in [-0.3, -0.25) is 0 Å². The largest absolute Gasteiger partial charge is 0.497 e. The number of rotatable bonds is 4. The van der Waals surface area contributed by atoms with Gasteiger partial charge in [-0.25, -0.2) is 9.38 Å². The van der Waals surface area contributed by atoms with E-state index in [4.69, 9.17) is 14.5 Å². The smallest absolute Gasteiger partial charge is 0.215 e. The van der Waals surface area contributed by atoms with Crippen LogP contribution in [0.15, 0.2) is 42.5 Å². The minimum Gasteiger partial charge on any atom is -0.497 e. The molecule has 2 aromatic heterocycles. The van der Waals surface area contributed by atoms with Gasteiger partial charge >= 0.3 is 0 Å². The second-order valence-corrected chi connectivity index (χ2v) is 5.55. The van der Waals surface area contributed by atoms with Gasteiger partial charge in [0.1, 0.15) is 17.3 Å². The molecule has 126 valence electrons. The lowest BCUT2D eigenvalue weighted by Gasteiger charge is -2.14. The van der Waals surface area contributed by atoms with Crippen molar-refractivity contribution in [2.75, 3.05) is 19.5 Å². The van der Waals surface area contributed by atoms with E-state index in [2.05, 4.69) is 15.5 Å². The van der Waals surface area contributed by atoms with Crippen LogP contribution in [0.1, 0.15) is 5.82 Å². The van der Waals surface area contributed by atoms with Crippen molar-refractivity contribution in [3.05, 3.63) is 48.3 Å². The van der Waals surface area contributed by atoms with Gasteiger partial charge in [-0.05, 0) is 31.2 Å². The molecule has 2 aromatic carbocycles. The number of nitrogens with zero attached hydrogens (tertiary/aromatic N) is 4. The lowest BCUT2D eigenvalue weighted by Crippen LogP contribution is -2.05. The van der Waals surface area contributed by atoms with Crippen LogP contribution in [-0.4, -0.2) is 33.8 Å². The zero-order valence-electron chi connectivity index (χ0n) is 14.1. The van der Waals surface area contributed by atoms with Crippen LogP contribution in [0.3, 0.4) is 0 Å². The van der Waals surface area contributed by atoms with Crippen LogP contribution in [0.25, 0.3) is 16.6 Å². The highest BCUT2D eigenvalue weighted by atomic mass is 16.5. The molecule has 0 unspecified atom stereocenters. The lowest BCUT2D eigenvalue weighted by molar-refractivity contribution is 0.395. The Morgan fingerprint density at radius 1 is 1.00 bits per heavy atom. The number of benzene rings is 2. The summed E-state index contributed by atoms with van der Waals surface area (Å²) in [5, 5.41) is 12.8. The highest BCUT2D eigenvalue weighted by Gasteiger charge is 2.14. The molecule has 0 aliphatic rings. The molecule has 0 bridgehead atoms. The third-order valence-corrected chi connectivity index (χ3v) is 4.06. The Hall–Kier alpha value is -3.35. The van der Waals surface area contributed by atoms with E-state index in [1.54, 1.807) is 14.2 Å². The van der Waals surface area contributed by atoms with Crippen LogP contribution in [0.4, 0.5) is 11.6 Å². The third-order valence-electron chi connectivity index (χ3n) is 4.06. The molecule has 0 fully saturated rings. The van der Waals surface area contributed by atoms with Crippen LogP contribution in [0.5, 0.6) is 11.5 Å². The molecule has 1 N–H and O–H groups in total. The van der Waals surface area contributed by atoms with Crippen LogP contribution < -0.4 is 14.8 Å². The number of aromatic nitrogens is 4. The van der Waals surface area contributed by atoms with Gasteiger partial charge in [-0.15, -0.1) is 10.2 Å². The Kier molecular flexibility index (Phi) is 3.61. The van der Waals surface area contributed by atoms with Gasteiger partial charge in [0.2, 0.25) is 5.95 Å². The molecule has 7 nitrogen and oxygen atoms in total. The van der Waals surface area contributed by atoms with E-state index in [-0.39, 0.29) is 0 Å². The summed E-state index contributed by atoms with van der Waals surface area (Å²) in [6, 6.07) is 13.4. The molecule has 0 aliphatic heterocycles. The minimum absolute atomic E-state index is 0.625. The zero-order valence-corrected chi connectivity index (χ0v) is 14.1. The van der Waals surface area contributed by atoms with Crippen LogP contribution in [-0.2, 0) is 0 Å². The maximum atomic E-state index is 5.46. The molecule has 0 spiro atoms. The Balaban J connectivity index is 1.90. The van der Waals surface area contributed by atoms with Crippen LogP contribution in [0.2, 0.25) is 0 Å². The fraction of sp³-hybridized carbons (Fsp3) is 0.167. The highest BCUT2D eigenvalue weighted by Crippen LogP contribution is 2.32. The molecule has 2 heterocycles. The number of nitrogens with one attached hydrogen (secondary N) is 1. The van der Waals surface area contributed by atoms with E-state index in [1.807, 2.05) is 53.8 Å². The summed E-state index contributed by atoms with van der Waals surface area (Å²) >= 11 is 0. The number of hydrogen-bond acceptors (Lipinski definition) is 6. The van der Waals surface area contributed by atoms with Crippen molar-refractivity contribution in [2.45, 2.75) is 6.92 Å². The predicted octanol–water partition coefficient (Wildman–Crippen LogP) is 3.35. The normalized spacial score (nSPS) is 11.0. The lowest BCUT2D eigenvalue weighted by atomic mass is 10.2. The van der Waals surface area contributed by atoms with Crippen molar-refractivity contribution in [3.8, 4) is 11.5 Å². The summed E-state index contributed by atoms with van der Waals surface area (Å²) in [6.45, 7) is 1.90. The number of methoxy groups -OCH3 is 2. The van der Waals surface area contributed by atoms with E-state index < -0.39 is 0 Å². The van der Waals surface area contributed by atoms with Crippen molar-refractivity contribution in [1.82, 2.24) is 19.6 Å². The number of fused-ring (bicyclic) bond motifs is 3.